The van der Waals surface area contributed by atoms with Gasteiger partial charge in [0.15, 0.2) is 0 Å². The summed E-state index contributed by atoms with van der Waals surface area (Å²) in [4.78, 5) is 19.0. The van der Waals surface area contributed by atoms with Gasteiger partial charge in [0.25, 0.3) is 5.91 Å². The average molecular weight is 305 g/mol. The summed E-state index contributed by atoms with van der Waals surface area (Å²) in [5.41, 5.74) is 1.31. The van der Waals surface area contributed by atoms with Crippen LogP contribution in [-0.2, 0) is 6.42 Å². The Balaban J connectivity index is 1.69. The normalized spacial score (nSPS) is 19.0. The van der Waals surface area contributed by atoms with E-state index in [0.29, 0.717) is 22.9 Å². The number of thiazole rings is 1. The van der Waals surface area contributed by atoms with Crippen molar-refractivity contribution in [2.24, 2.45) is 5.92 Å². The van der Waals surface area contributed by atoms with E-state index in [2.05, 4.69) is 10.1 Å². The second-order valence-electron chi connectivity index (χ2n) is 5.59. The van der Waals surface area contributed by atoms with Crippen molar-refractivity contribution in [3.05, 3.63) is 33.6 Å². The summed E-state index contributed by atoms with van der Waals surface area (Å²) in [7, 11) is 0. The summed E-state index contributed by atoms with van der Waals surface area (Å²) < 4.78 is 5.11. The number of carbonyl (C=O) groups is 1. The van der Waals surface area contributed by atoms with E-state index in [9.17, 15) is 4.79 Å². The number of likely N-dealkylation sites (tertiary alicyclic amines) is 1. The van der Waals surface area contributed by atoms with E-state index in [4.69, 9.17) is 4.52 Å². The van der Waals surface area contributed by atoms with E-state index >= 15 is 0 Å². The Bertz CT molecular complexity index is 601. The topological polar surface area (TPSA) is 59.2 Å². The van der Waals surface area contributed by atoms with Crippen molar-refractivity contribution >= 4 is 17.2 Å². The molecule has 2 aromatic rings. The van der Waals surface area contributed by atoms with Gasteiger partial charge in [-0.15, -0.1) is 11.3 Å². The second kappa shape index (κ2) is 5.97. The summed E-state index contributed by atoms with van der Waals surface area (Å²) >= 11 is 1.69. The Morgan fingerprint density at radius 2 is 2.38 bits per heavy atom. The molecule has 1 amide bonds. The molecule has 1 aliphatic rings. The molecular weight excluding hydrogens is 286 g/mol. The van der Waals surface area contributed by atoms with E-state index < -0.39 is 0 Å². The number of rotatable bonds is 3. The molecule has 6 heteroatoms. The minimum atomic E-state index is 0.0510. The fourth-order valence-electron chi connectivity index (χ4n) is 2.96. The summed E-state index contributed by atoms with van der Waals surface area (Å²) in [6, 6.07) is 0. The maximum atomic E-state index is 12.7. The third-order valence-corrected chi connectivity index (χ3v) is 4.80. The van der Waals surface area contributed by atoms with Gasteiger partial charge in [-0.2, -0.15) is 0 Å². The lowest BCUT2D eigenvalue weighted by Crippen LogP contribution is -2.40. The quantitative estimate of drug-likeness (QED) is 0.875. The largest absolute Gasteiger partial charge is 0.361 e. The first kappa shape index (κ1) is 14.3. The van der Waals surface area contributed by atoms with Gasteiger partial charge in [0.2, 0.25) is 0 Å². The Kier molecular flexibility index (Phi) is 4.05. The predicted octanol–water partition coefficient (Wildman–Crippen LogP) is 2.84. The van der Waals surface area contributed by atoms with Crippen molar-refractivity contribution in [1.82, 2.24) is 15.0 Å². The van der Waals surface area contributed by atoms with Crippen molar-refractivity contribution in [1.29, 1.82) is 0 Å². The number of nitrogens with zero attached hydrogens (tertiary/aromatic N) is 3. The summed E-state index contributed by atoms with van der Waals surface area (Å²) in [5, 5.41) is 7.04. The first-order valence-electron chi connectivity index (χ1n) is 7.25. The van der Waals surface area contributed by atoms with Crippen molar-refractivity contribution in [2.45, 2.75) is 33.1 Å². The van der Waals surface area contributed by atoms with Crippen molar-refractivity contribution in [3.8, 4) is 0 Å². The molecule has 0 saturated carbocycles. The summed E-state index contributed by atoms with van der Waals surface area (Å²) in [6.45, 7) is 5.23. The average Bonchev–Trinajstić information content (AvgIpc) is 3.09. The van der Waals surface area contributed by atoms with Crippen LogP contribution in [0.3, 0.4) is 0 Å². The van der Waals surface area contributed by atoms with Crippen molar-refractivity contribution in [2.75, 3.05) is 13.1 Å². The Labute approximate surface area is 128 Å². The van der Waals surface area contributed by atoms with E-state index in [0.717, 1.165) is 37.4 Å². The molecule has 112 valence electrons. The lowest BCUT2D eigenvalue weighted by Gasteiger charge is -2.32. The molecule has 5 nitrogen and oxygen atoms in total. The highest BCUT2D eigenvalue weighted by Gasteiger charge is 2.28. The predicted molar refractivity (Wildman–Crippen MR) is 80.4 cm³/mol. The van der Waals surface area contributed by atoms with E-state index in [1.54, 1.807) is 18.3 Å². The van der Waals surface area contributed by atoms with Crippen LogP contribution in [0.2, 0.25) is 0 Å². The van der Waals surface area contributed by atoms with Crippen LogP contribution in [0.1, 0.15) is 39.7 Å². The van der Waals surface area contributed by atoms with Crippen LogP contribution in [0.25, 0.3) is 0 Å². The molecule has 0 aliphatic carbocycles. The molecule has 1 aliphatic heterocycles. The van der Waals surface area contributed by atoms with Gasteiger partial charge < -0.3 is 9.42 Å². The van der Waals surface area contributed by atoms with Crippen LogP contribution in [0.4, 0.5) is 0 Å². The minimum Gasteiger partial charge on any atom is -0.361 e. The molecule has 0 aromatic carbocycles. The summed E-state index contributed by atoms with van der Waals surface area (Å²) in [6.07, 6.45) is 5.01. The standard InChI is InChI=1S/C15H19N3O2S/c1-10-14(11(2)20-17-10)15(19)18-6-3-4-12(9-18)8-13-16-5-7-21-13/h5,7,12H,3-4,6,8-9H2,1-2H3/t12-/m0/s1. The zero-order chi connectivity index (χ0) is 14.8. The van der Waals surface area contributed by atoms with Gasteiger partial charge in [-0.25, -0.2) is 4.98 Å². The molecule has 2 aromatic heterocycles. The highest BCUT2D eigenvalue weighted by Crippen LogP contribution is 2.24. The van der Waals surface area contributed by atoms with E-state index in [1.165, 1.54) is 0 Å². The molecule has 3 heterocycles. The molecule has 0 unspecified atom stereocenters. The molecule has 21 heavy (non-hydrogen) atoms. The molecular formula is C15H19N3O2S. The molecule has 1 atom stereocenters. The molecule has 1 fully saturated rings. The van der Waals surface area contributed by atoms with Gasteiger partial charge in [0.05, 0.1) is 10.7 Å². The number of hydrogen-bond acceptors (Lipinski definition) is 5. The Morgan fingerprint density at radius 3 is 3.05 bits per heavy atom. The number of amides is 1. The van der Waals surface area contributed by atoms with Crippen molar-refractivity contribution < 1.29 is 9.32 Å². The zero-order valence-corrected chi connectivity index (χ0v) is 13.2. The summed E-state index contributed by atoms with van der Waals surface area (Å²) in [5.74, 6) is 1.16. The van der Waals surface area contributed by atoms with E-state index in [-0.39, 0.29) is 5.91 Å². The van der Waals surface area contributed by atoms with Gasteiger partial charge in [0.1, 0.15) is 11.3 Å². The first-order chi connectivity index (χ1) is 10.1. The third-order valence-electron chi connectivity index (χ3n) is 4.00. The zero-order valence-electron chi connectivity index (χ0n) is 12.3. The van der Waals surface area contributed by atoms with Crippen LogP contribution in [0.15, 0.2) is 16.1 Å². The molecule has 3 rings (SSSR count). The minimum absolute atomic E-state index is 0.0510. The van der Waals surface area contributed by atoms with Crippen LogP contribution in [0.5, 0.6) is 0 Å². The van der Waals surface area contributed by atoms with Crippen LogP contribution >= 0.6 is 11.3 Å². The van der Waals surface area contributed by atoms with Crippen LogP contribution in [-0.4, -0.2) is 34.0 Å². The Hall–Kier alpha value is -1.69. The molecule has 1 saturated heterocycles. The van der Waals surface area contributed by atoms with Gasteiger partial charge in [0, 0.05) is 31.1 Å². The third kappa shape index (κ3) is 3.00. The smallest absolute Gasteiger partial charge is 0.259 e. The lowest BCUT2D eigenvalue weighted by atomic mass is 9.94. The monoisotopic (exact) mass is 305 g/mol. The SMILES string of the molecule is Cc1noc(C)c1C(=O)N1CCC[C@@H](Cc2nccs2)C1. The number of piperidine rings is 1. The van der Waals surface area contributed by atoms with Crippen LogP contribution in [0, 0.1) is 19.8 Å². The van der Waals surface area contributed by atoms with Crippen molar-refractivity contribution in [3.63, 3.8) is 0 Å². The number of aryl methyl sites for hydroxylation is 2. The highest BCUT2D eigenvalue weighted by molar-refractivity contribution is 7.09. The van der Waals surface area contributed by atoms with Gasteiger partial charge >= 0.3 is 0 Å². The Morgan fingerprint density at radius 1 is 1.52 bits per heavy atom. The highest BCUT2D eigenvalue weighted by atomic mass is 32.1. The maximum absolute atomic E-state index is 12.7. The lowest BCUT2D eigenvalue weighted by molar-refractivity contribution is 0.0671. The fourth-order valence-corrected chi connectivity index (χ4v) is 3.70. The van der Waals surface area contributed by atoms with Gasteiger partial charge in [-0.05, 0) is 32.6 Å². The van der Waals surface area contributed by atoms with Gasteiger partial charge in [-0.1, -0.05) is 5.16 Å². The molecule has 0 radical (unpaired) electrons. The van der Waals surface area contributed by atoms with E-state index in [1.807, 2.05) is 23.4 Å². The number of carbonyl (C=O) groups excluding carboxylic acids is 1. The molecule has 0 spiro atoms. The number of aromatic nitrogens is 2. The maximum Gasteiger partial charge on any atom is 0.259 e. The second-order valence-corrected chi connectivity index (χ2v) is 6.57. The molecule has 0 N–H and O–H groups in total. The van der Waals surface area contributed by atoms with Gasteiger partial charge in [-0.3, -0.25) is 4.79 Å². The first-order valence-corrected chi connectivity index (χ1v) is 8.13. The number of hydrogen-bond donors (Lipinski definition) is 0. The molecule has 0 bridgehead atoms. The van der Waals surface area contributed by atoms with Crippen LogP contribution < -0.4 is 0 Å². The fraction of sp³-hybridized carbons (Fsp3) is 0.533.